The second kappa shape index (κ2) is 5.86. The average Bonchev–Trinajstić information content (AvgIpc) is 3.14. The van der Waals surface area contributed by atoms with E-state index in [4.69, 9.17) is 11.6 Å². The van der Waals surface area contributed by atoms with E-state index in [1.807, 2.05) is 0 Å². The number of hydrogen-bond donors (Lipinski definition) is 2. The Kier molecular flexibility index (Phi) is 4.50. The molecule has 0 spiro atoms. The summed E-state index contributed by atoms with van der Waals surface area (Å²) in [6, 6.07) is 3.07. The molecule has 2 N–H and O–H groups in total. The van der Waals surface area contributed by atoms with Gasteiger partial charge < -0.3 is 5.32 Å². The minimum absolute atomic E-state index is 0.112. The fourth-order valence-electron chi connectivity index (χ4n) is 1.66. The molecule has 2 rings (SSSR count). The Balaban J connectivity index is 1.85. The molecule has 116 valence electrons. The highest BCUT2D eigenvalue weighted by Gasteiger charge is 2.52. The van der Waals surface area contributed by atoms with E-state index < -0.39 is 37.3 Å². The van der Waals surface area contributed by atoms with Crippen LogP contribution in [0.25, 0.3) is 0 Å². The van der Waals surface area contributed by atoms with Crippen molar-refractivity contribution in [1.29, 1.82) is 0 Å². The molecule has 1 aromatic carbocycles. The lowest BCUT2D eigenvalue weighted by Crippen LogP contribution is -2.38. The van der Waals surface area contributed by atoms with Gasteiger partial charge in [-0.1, -0.05) is 6.07 Å². The second-order valence-corrected chi connectivity index (χ2v) is 7.66. The minimum atomic E-state index is -3.65. The molecule has 1 fully saturated rings. The number of carbonyl (C=O) groups excluding carboxylic acids is 1. The van der Waals surface area contributed by atoms with Crippen LogP contribution >= 0.6 is 11.6 Å². The van der Waals surface area contributed by atoms with Crippen LogP contribution in [0.2, 0.25) is 0 Å². The molecule has 1 aliphatic rings. The standard InChI is InChI=1S/C12H13ClF2N2O3S/c13-12(4-5-12)21(19,20)17-7-6-16-11(18)10-8(14)2-1-3-9(10)15/h1-3,17H,4-7H2,(H,16,18). The van der Waals surface area contributed by atoms with Gasteiger partial charge in [0.25, 0.3) is 5.91 Å². The van der Waals surface area contributed by atoms with Gasteiger partial charge in [-0.3, -0.25) is 4.79 Å². The molecule has 0 atom stereocenters. The normalized spacial score (nSPS) is 16.5. The monoisotopic (exact) mass is 338 g/mol. The summed E-state index contributed by atoms with van der Waals surface area (Å²) < 4.78 is 51.0. The average molecular weight is 339 g/mol. The van der Waals surface area contributed by atoms with Gasteiger partial charge in [0.1, 0.15) is 17.2 Å². The fraction of sp³-hybridized carbons (Fsp3) is 0.417. The number of hydrogen-bond acceptors (Lipinski definition) is 3. The van der Waals surface area contributed by atoms with E-state index in [0.717, 1.165) is 18.2 Å². The minimum Gasteiger partial charge on any atom is -0.351 e. The second-order valence-electron chi connectivity index (χ2n) is 4.63. The van der Waals surface area contributed by atoms with E-state index in [9.17, 15) is 22.0 Å². The molecular weight excluding hydrogens is 326 g/mol. The maximum atomic E-state index is 13.3. The quantitative estimate of drug-likeness (QED) is 0.607. The highest BCUT2D eigenvalue weighted by molar-refractivity contribution is 7.92. The Labute approximate surface area is 125 Å². The number of alkyl halides is 1. The Bertz CT molecular complexity index is 642. The van der Waals surface area contributed by atoms with Gasteiger partial charge in [-0.15, -0.1) is 11.6 Å². The summed E-state index contributed by atoms with van der Waals surface area (Å²) in [4.78, 5) is 11.6. The van der Waals surface area contributed by atoms with Crippen LogP contribution in [0.5, 0.6) is 0 Å². The highest BCUT2D eigenvalue weighted by Crippen LogP contribution is 2.46. The van der Waals surface area contributed by atoms with Crippen LogP contribution < -0.4 is 10.0 Å². The smallest absolute Gasteiger partial charge is 0.257 e. The first-order chi connectivity index (χ1) is 9.77. The predicted molar refractivity (Wildman–Crippen MR) is 73.4 cm³/mol. The largest absolute Gasteiger partial charge is 0.351 e. The molecule has 0 heterocycles. The van der Waals surface area contributed by atoms with Gasteiger partial charge in [-0.25, -0.2) is 21.9 Å². The van der Waals surface area contributed by atoms with Gasteiger partial charge in [0, 0.05) is 13.1 Å². The molecule has 0 bridgehead atoms. The predicted octanol–water partition coefficient (Wildman–Crippen LogP) is 1.34. The summed E-state index contributed by atoms with van der Waals surface area (Å²) in [6.45, 7) is -0.225. The van der Waals surface area contributed by atoms with Crippen LogP contribution in [0.15, 0.2) is 18.2 Å². The van der Waals surface area contributed by atoms with Crippen molar-refractivity contribution in [2.24, 2.45) is 0 Å². The molecule has 0 saturated heterocycles. The Hall–Kier alpha value is -1.25. The third kappa shape index (κ3) is 3.50. The first-order valence-electron chi connectivity index (χ1n) is 6.17. The summed E-state index contributed by atoms with van der Waals surface area (Å²) >= 11 is 5.78. The molecule has 9 heteroatoms. The Morgan fingerprint density at radius 2 is 1.81 bits per heavy atom. The van der Waals surface area contributed by atoms with Crippen molar-refractivity contribution in [3.8, 4) is 0 Å². The molecule has 1 aromatic rings. The van der Waals surface area contributed by atoms with Gasteiger partial charge in [-0.2, -0.15) is 0 Å². The van der Waals surface area contributed by atoms with Gasteiger partial charge in [-0.05, 0) is 25.0 Å². The molecule has 1 amide bonds. The van der Waals surface area contributed by atoms with E-state index in [1.54, 1.807) is 0 Å². The molecule has 0 radical (unpaired) electrons. The summed E-state index contributed by atoms with van der Waals surface area (Å²) in [5, 5.41) is 2.24. The molecule has 0 unspecified atom stereocenters. The van der Waals surface area contributed by atoms with Crippen molar-refractivity contribution >= 4 is 27.5 Å². The van der Waals surface area contributed by atoms with E-state index in [2.05, 4.69) is 10.0 Å². The van der Waals surface area contributed by atoms with Crippen LogP contribution in [-0.2, 0) is 10.0 Å². The molecule has 5 nitrogen and oxygen atoms in total. The number of rotatable bonds is 6. The van der Waals surface area contributed by atoms with E-state index in [-0.39, 0.29) is 13.1 Å². The third-order valence-corrected chi connectivity index (χ3v) is 5.96. The van der Waals surface area contributed by atoms with Crippen molar-refractivity contribution in [2.45, 2.75) is 17.0 Å². The summed E-state index contributed by atoms with van der Waals surface area (Å²) in [5.41, 5.74) is -0.698. The van der Waals surface area contributed by atoms with E-state index in [0.29, 0.717) is 12.8 Å². The lowest BCUT2D eigenvalue weighted by Gasteiger charge is -2.11. The Morgan fingerprint density at radius 1 is 1.24 bits per heavy atom. The van der Waals surface area contributed by atoms with E-state index >= 15 is 0 Å². The first kappa shape index (κ1) is 16.1. The van der Waals surface area contributed by atoms with Crippen molar-refractivity contribution in [2.75, 3.05) is 13.1 Å². The zero-order chi connectivity index (χ0) is 15.7. The van der Waals surface area contributed by atoms with Crippen LogP contribution in [0.4, 0.5) is 8.78 Å². The van der Waals surface area contributed by atoms with Gasteiger partial charge in [0.15, 0.2) is 4.21 Å². The third-order valence-electron chi connectivity index (χ3n) is 3.02. The zero-order valence-corrected chi connectivity index (χ0v) is 12.4. The molecule has 21 heavy (non-hydrogen) atoms. The molecule has 0 aromatic heterocycles. The molecular formula is C12H13ClF2N2O3S. The number of carbonyl (C=O) groups is 1. The van der Waals surface area contributed by atoms with Crippen LogP contribution in [0.3, 0.4) is 0 Å². The maximum absolute atomic E-state index is 13.3. The molecule has 1 saturated carbocycles. The number of halogens is 3. The first-order valence-corrected chi connectivity index (χ1v) is 8.03. The van der Waals surface area contributed by atoms with Gasteiger partial charge in [0.05, 0.1) is 0 Å². The number of benzene rings is 1. The summed E-state index contributed by atoms with van der Waals surface area (Å²) in [6.07, 6.45) is 0.743. The summed E-state index contributed by atoms with van der Waals surface area (Å²) in [7, 11) is -3.65. The SMILES string of the molecule is O=C(NCCNS(=O)(=O)C1(Cl)CC1)c1c(F)cccc1F. The van der Waals surface area contributed by atoms with Crippen LogP contribution in [-0.4, -0.2) is 31.6 Å². The fourth-order valence-corrected chi connectivity index (χ4v) is 3.19. The lowest BCUT2D eigenvalue weighted by molar-refractivity contribution is 0.0946. The zero-order valence-electron chi connectivity index (χ0n) is 10.8. The van der Waals surface area contributed by atoms with Crippen molar-refractivity contribution in [1.82, 2.24) is 10.0 Å². The van der Waals surface area contributed by atoms with E-state index in [1.165, 1.54) is 0 Å². The lowest BCUT2D eigenvalue weighted by atomic mass is 10.2. The van der Waals surface area contributed by atoms with Crippen LogP contribution in [0.1, 0.15) is 23.2 Å². The van der Waals surface area contributed by atoms with Crippen molar-refractivity contribution in [3.63, 3.8) is 0 Å². The number of sulfonamides is 1. The van der Waals surface area contributed by atoms with Crippen molar-refractivity contribution in [3.05, 3.63) is 35.4 Å². The van der Waals surface area contributed by atoms with Crippen LogP contribution in [0, 0.1) is 11.6 Å². The summed E-state index contributed by atoms with van der Waals surface area (Å²) in [5.74, 6) is -2.91. The Morgan fingerprint density at radius 3 is 2.33 bits per heavy atom. The van der Waals surface area contributed by atoms with Gasteiger partial charge in [0.2, 0.25) is 10.0 Å². The number of amides is 1. The maximum Gasteiger partial charge on any atom is 0.257 e. The topological polar surface area (TPSA) is 75.3 Å². The number of nitrogens with one attached hydrogen (secondary N) is 2. The molecule has 0 aliphatic heterocycles. The molecule has 1 aliphatic carbocycles. The van der Waals surface area contributed by atoms with Crippen molar-refractivity contribution < 1.29 is 22.0 Å². The van der Waals surface area contributed by atoms with Gasteiger partial charge >= 0.3 is 0 Å². The highest BCUT2D eigenvalue weighted by atomic mass is 35.5.